The predicted octanol–water partition coefficient (Wildman–Crippen LogP) is 2.72. The fourth-order valence-corrected chi connectivity index (χ4v) is 0.686. The quantitative estimate of drug-likeness (QED) is 0.417. The minimum absolute atomic E-state index is 0.845. The Morgan fingerprint density at radius 1 is 1.50 bits per heavy atom. The Kier molecular flexibility index (Phi) is 4.21. The summed E-state index contributed by atoms with van der Waals surface area (Å²) in [4.78, 5) is 3.79. The third kappa shape index (κ3) is 2.44. The zero-order chi connectivity index (χ0) is 7.98. The predicted molar refractivity (Wildman–Crippen MR) is 47.3 cm³/mol. The molecule has 0 unspecified atom stereocenters. The van der Waals surface area contributed by atoms with Gasteiger partial charge in [0.15, 0.2) is 0 Å². The van der Waals surface area contributed by atoms with E-state index in [0.29, 0.717) is 0 Å². The van der Waals surface area contributed by atoms with Crippen molar-refractivity contribution in [2.45, 2.75) is 13.8 Å². The van der Waals surface area contributed by atoms with E-state index in [0.717, 1.165) is 11.3 Å². The number of allylic oxidation sites excluding steroid dienone is 4. The average molecular weight is 135 g/mol. The fourth-order valence-electron chi connectivity index (χ4n) is 0.686. The van der Waals surface area contributed by atoms with E-state index in [1.165, 1.54) is 0 Å². The Bertz CT molecular complexity index is 175. The molecule has 0 aliphatic heterocycles. The van der Waals surface area contributed by atoms with Crippen LogP contribution in [0.2, 0.25) is 0 Å². The number of rotatable bonds is 3. The van der Waals surface area contributed by atoms with Gasteiger partial charge in [-0.05, 0) is 32.2 Å². The first-order valence-corrected chi connectivity index (χ1v) is 3.19. The summed E-state index contributed by atoms with van der Waals surface area (Å²) in [7, 11) is 0. The van der Waals surface area contributed by atoms with E-state index in [2.05, 4.69) is 18.3 Å². The maximum Gasteiger partial charge on any atom is 0.0645 e. The molecule has 0 aliphatic carbocycles. The lowest BCUT2D eigenvalue weighted by atomic mass is 10.2. The Labute approximate surface area is 62.5 Å². The second kappa shape index (κ2) is 4.74. The van der Waals surface area contributed by atoms with Crippen LogP contribution in [-0.4, -0.2) is 6.72 Å². The molecule has 0 aromatic heterocycles. The molecule has 0 spiro atoms. The van der Waals surface area contributed by atoms with Gasteiger partial charge in [-0.15, -0.1) is 0 Å². The lowest BCUT2D eigenvalue weighted by Gasteiger charge is -1.94. The van der Waals surface area contributed by atoms with Gasteiger partial charge in [-0.2, -0.15) is 0 Å². The van der Waals surface area contributed by atoms with Crippen LogP contribution in [0, 0.1) is 0 Å². The highest BCUT2D eigenvalue weighted by molar-refractivity contribution is 5.37. The lowest BCUT2D eigenvalue weighted by Crippen LogP contribution is -1.75. The smallest absolute Gasteiger partial charge is 0.0645 e. The van der Waals surface area contributed by atoms with E-state index >= 15 is 0 Å². The lowest BCUT2D eigenvalue weighted by molar-refractivity contribution is 1.33. The maximum absolute atomic E-state index is 3.79. The summed E-state index contributed by atoms with van der Waals surface area (Å²) in [6.07, 6.45) is 5.64. The third-order valence-electron chi connectivity index (χ3n) is 1.18. The van der Waals surface area contributed by atoms with E-state index in [9.17, 15) is 0 Å². The molecular weight excluding hydrogens is 122 g/mol. The van der Waals surface area contributed by atoms with Gasteiger partial charge in [-0.1, -0.05) is 18.7 Å². The number of nitrogens with zero attached hydrogens (tertiary/aromatic N) is 1. The summed E-state index contributed by atoms with van der Waals surface area (Å²) in [6, 6.07) is 0. The van der Waals surface area contributed by atoms with Crippen molar-refractivity contribution >= 4 is 6.72 Å². The zero-order valence-corrected chi connectivity index (χ0v) is 6.59. The van der Waals surface area contributed by atoms with Gasteiger partial charge in [-0.25, -0.2) is 0 Å². The van der Waals surface area contributed by atoms with Crippen molar-refractivity contribution in [3.05, 3.63) is 36.1 Å². The number of aliphatic imine (C=N–C) groups is 1. The molecule has 1 heteroatoms. The SMILES string of the molecule is C=C/C(N=C)=C(C)\C=C/C. The first-order valence-electron chi connectivity index (χ1n) is 3.19. The topological polar surface area (TPSA) is 12.4 Å². The first-order chi connectivity index (χ1) is 4.76. The summed E-state index contributed by atoms with van der Waals surface area (Å²) in [6.45, 7) is 11.0. The standard InChI is InChI=1S/C9H13N/c1-5-7-8(3)9(6-2)10-4/h5-7H,2,4H2,1,3H3/b7-5-,9-8+. The molecule has 0 saturated heterocycles. The van der Waals surface area contributed by atoms with Crippen LogP contribution in [0.1, 0.15) is 13.8 Å². The molecule has 0 heterocycles. The van der Waals surface area contributed by atoms with Gasteiger partial charge in [0.05, 0.1) is 5.70 Å². The monoisotopic (exact) mass is 135 g/mol. The van der Waals surface area contributed by atoms with E-state index in [1.54, 1.807) is 6.08 Å². The molecule has 0 aromatic rings. The average Bonchev–Trinajstić information content (AvgIpc) is 1.91. The van der Waals surface area contributed by atoms with Crippen molar-refractivity contribution in [2.24, 2.45) is 4.99 Å². The molecule has 0 bridgehead atoms. The van der Waals surface area contributed by atoms with Crippen LogP contribution in [0.15, 0.2) is 41.1 Å². The Hall–Kier alpha value is -1.11. The molecule has 0 N–H and O–H groups in total. The van der Waals surface area contributed by atoms with E-state index in [1.807, 2.05) is 26.0 Å². The molecule has 0 fully saturated rings. The molecule has 0 aromatic carbocycles. The van der Waals surface area contributed by atoms with Gasteiger partial charge in [0.25, 0.3) is 0 Å². The summed E-state index contributed by atoms with van der Waals surface area (Å²) in [5, 5.41) is 0. The Morgan fingerprint density at radius 2 is 2.10 bits per heavy atom. The summed E-state index contributed by atoms with van der Waals surface area (Å²) >= 11 is 0. The van der Waals surface area contributed by atoms with Crippen LogP contribution in [0.4, 0.5) is 0 Å². The molecule has 1 nitrogen and oxygen atoms in total. The molecule has 0 saturated carbocycles. The van der Waals surface area contributed by atoms with Crippen LogP contribution < -0.4 is 0 Å². The molecule has 0 aliphatic rings. The van der Waals surface area contributed by atoms with Gasteiger partial charge < -0.3 is 0 Å². The molecule has 0 radical (unpaired) electrons. The molecule has 0 rings (SSSR count). The van der Waals surface area contributed by atoms with Crippen LogP contribution in [0.5, 0.6) is 0 Å². The van der Waals surface area contributed by atoms with Crippen LogP contribution in [0.25, 0.3) is 0 Å². The minimum atomic E-state index is 0.845. The summed E-state index contributed by atoms with van der Waals surface area (Å²) < 4.78 is 0. The van der Waals surface area contributed by atoms with E-state index < -0.39 is 0 Å². The van der Waals surface area contributed by atoms with Crippen molar-refractivity contribution in [2.75, 3.05) is 0 Å². The van der Waals surface area contributed by atoms with Crippen LogP contribution >= 0.6 is 0 Å². The Balaban J connectivity index is 4.58. The Morgan fingerprint density at radius 3 is 2.40 bits per heavy atom. The van der Waals surface area contributed by atoms with E-state index in [4.69, 9.17) is 0 Å². The molecule has 10 heavy (non-hydrogen) atoms. The highest BCUT2D eigenvalue weighted by Crippen LogP contribution is 2.06. The van der Waals surface area contributed by atoms with Gasteiger partial charge in [0.2, 0.25) is 0 Å². The largest absolute Gasteiger partial charge is 0.264 e. The molecule has 54 valence electrons. The summed E-state index contributed by atoms with van der Waals surface area (Å²) in [5.74, 6) is 0. The van der Waals surface area contributed by atoms with Crippen LogP contribution in [-0.2, 0) is 0 Å². The van der Waals surface area contributed by atoms with Crippen LogP contribution in [0.3, 0.4) is 0 Å². The number of hydrogen-bond donors (Lipinski definition) is 0. The van der Waals surface area contributed by atoms with Gasteiger partial charge in [-0.3, -0.25) is 4.99 Å². The first kappa shape index (κ1) is 8.89. The van der Waals surface area contributed by atoms with Gasteiger partial charge in [0.1, 0.15) is 0 Å². The van der Waals surface area contributed by atoms with Gasteiger partial charge in [0, 0.05) is 0 Å². The minimum Gasteiger partial charge on any atom is -0.264 e. The van der Waals surface area contributed by atoms with Crippen molar-refractivity contribution in [3.8, 4) is 0 Å². The fraction of sp³-hybridized carbons (Fsp3) is 0.222. The van der Waals surface area contributed by atoms with E-state index in [-0.39, 0.29) is 0 Å². The van der Waals surface area contributed by atoms with Crippen molar-refractivity contribution < 1.29 is 0 Å². The zero-order valence-electron chi connectivity index (χ0n) is 6.59. The highest BCUT2D eigenvalue weighted by Gasteiger charge is 1.88. The van der Waals surface area contributed by atoms with Crippen molar-refractivity contribution in [1.82, 2.24) is 0 Å². The van der Waals surface area contributed by atoms with Crippen molar-refractivity contribution in [1.29, 1.82) is 0 Å². The molecule has 0 atom stereocenters. The van der Waals surface area contributed by atoms with Gasteiger partial charge >= 0.3 is 0 Å². The molecular formula is C9H13N. The maximum atomic E-state index is 3.79. The normalized spacial score (nSPS) is 13.0. The third-order valence-corrected chi connectivity index (χ3v) is 1.18. The number of hydrogen-bond acceptors (Lipinski definition) is 1. The summed E-state index contributed by atoms with van der Waals surface area (Å²) in [5.41, 5.74) is 1.94. The van der Waals surface area contributed by atoms with Crippen molar-refractivity contribution in [3.63, 3.8) is 0 Å². The second-order valence-electron chi connectivity index (χ2n) is 1.93. The second-order valence-corrected chi connectivity index (χ2v) is 1.93. The highest BCUT2D eigenvalue weighted by atomic mass is 14.7. The molecule has 0 amide bonds.